The van der Waals surface area contributed by atoms with E-state index in [4.69, 9.17) is 4.74 Å². The van der Waals surface area contributed by atoms with Crippen LogP contribution in [0.1, 0.15) is 11.1 Å². The highest BCUT2D eigenvalue weighted by Gasteiger charge is 2.30. The van der Waals surface area contributed by atoms with Gasteiger partial charge in [0.25, 0.3) is 5.91 Å². The summed E-state index contributed by atoms with van der Waals surface area (Å²) in [5, 5.41) is 0. The lowest BCUT2D eigenvalue weighted by atomic mass is 10.1. The third-order valence-electron chi connectivity index (χ3n) is 4.56. The molecule has 0 N–H and O–H groups in total. The molecular formula is C24H18INO2. The van der Waals surface area contributed by atoms with Gasteiger partial charge in [0.05, 0.1) is 18.5 Å². The number of carbonyl (C=O) groups excluding carboxylic acids is 1. The molecule has 0 aromatic heterocycles. The number of methoxy groups -OCH3 is 1. The van der Waals surface area contributed by atoms with Crippen molar-refractivity contribution in [2.75, 3.05) is 12.0 Å². The van der Waals surface area contributed by atoms with Gasteiger partial charge in [-0.05, 0) is 76.2 Å². The molecule has 0 aliphatic carbocycles. The topological polar surface area (TPSA) is 29.5 Å². The summed E-state index contributed by atoms with van der Waals surface area (Å²) in [6.45, 7) is 0. The number of halogens is 1. The Hall–Kier alpha value is -2.86. The predicted octanol–water partition coefficient (Wildman–Crippen LogP) is 5.77. The lowest BCUT2D eigenvalue weighted by Gasteiger charge is -2.21. The third-order valence-corrected chi connectivity index (χ3v) is 5.23. The van der Waals surface area contributed by atoms with Gasteiger partial charge < -0.3 is 4.74 Å². The molecule has 1 aliphatic heterocycles. The fraction of sp³-hybridized carbons (Fsp3) is 0.0417. The van der Waals surface area contributed by atoms with Crippen LogP contribution in [0.4, 0.5) is 5.69 Å². The van der Waals surface area contributed by atoms with Crippen molar-refractivity contribution in [2.24, 2.45) is 0 Å². The van der Waals surface area contributed by atoms with Crippen LogP contribution in [0, 0.1) is 3.57 Å². The van der Waals surface area contributed by atoms with Gasteiger partial charge in [-0.2, -0.15) is 0 Å². The molecule has 138 valence electrons. The third kappa shape index (κ3) is 3.73. The molecule has 0 saturated carbocycles. The maximum absolute atomic E-state index is 13.3. The maximum atomic E-state index is 13.3. The van der Waals surface area contributed by atoms with Crippen LogP contribution in [0.3, 0.4) is 0 Å². The Balaban J connectivity index is 1.79. The molecule has 3 aromatic carbocycles. The van der Waals surface area contributed by atoms with Gasteiger partial charge in [-0.15, -0.1) is 0 Å². The maximum Gasteiger partial charge on any atom is 0.262 e. The van der Waals surface area contributed by atoms with E-state index in [0.717, 1.165) is 31.8 Å². The van der Waals surface area contributed by atoms with Crippen molar-refractivity contribution in [3.8, 4) is 5.75 Å². The molecule has 4 rings (SSSR count). The highest BCUT2D eigenvalue weighted by Crippen LogP contribution is 2.35. The summed E-state index contributed by atoms with van der Waals surface area (Å²) >= 11 is 2.27. The summed E-state index contributed by atoms with van der Waals surface area (Å²) in [6, 6.07) is 25.7. The number of rotatable bonds is 4. The zero-order chi connectivity index (χ0) is 19.5. The van der Waals surface area contributed by atoms with Crippen LogP contribution in [-0.2, 0) is 4.79 Å². The normalized spacial score (nSPS) is 15.1. The second kappa shape index (κ2) is 8.02. The van der Waals surface area contributed by atoms with Gasteiger partial charge in [-0.3, -0.25) is 9.69 Å². The molecule has 3 aromatic rings. The van der Waals surface area contributed by atoms with Crippen molar-refractivity contribution in [3.63, 3.8) is 0 Å². The molecule has 0 spiro atoms. The fourth-order valence-electron chi connectivity index (χ4n) is 3.19. The number of hydrogen-bond donors (Lipinski definition) is 0. The smallest absolute Gasteiger partial charge is 0.262 e. The molecule has 0 atom stereocenters. The van der Waals surface area contributed by atoms with Crippen LogP contribution in [0.25, 0.3) is 11.8 Å². The first-order valence-corrected chi connectivity index (χ1v) is 9.96. The first-order chi connectivity index (χ1) is 13.7. The number of hydrogen-bond acceptors (Lipinski definition) is 2. The minimum atomic E-state index is -0.0309. The highest BCUT2D eigenvalue weighted by atomic mass is 127. The zero-order valence-corrected chi connectivity index (χ0v) is 17.5. The molecule has 1 aliphatic rings. The van der Waals surface area contributed by atoms with Gasteiger partial charge in [0.1, 0.15) is 5.75 Å². The average molecular weight is 479 g/mol. The quantitative estimate of drug-likeness (QED) is 0.351. The number of carbonyl (C=O) groups is 1. The number of anilines is 1. The zero-order valence-electron chi connectivity index (χ0n) is 15.3. The summed E-state index contributed by atoms with van der Waals surface area (Å²) in [7, 11) is 1.64. The largest absolute Gasteiger partial charge is 0.497 e. The molecule has 28 heavy (non-hydrogen) atoms. The van der Waals surface area contributed by atoms with Gasteiger partial charge >= 0.3 is 0 Å². The van der Waals surface area contributed by atoms with Crippen LogP contribution in [0.15, 0.2) is 90.5 Å². The van der Waals surface area contributed by atoms with Gasteiger partial charge in [-0.25, -0.2) is 0 Å². The van der Waals surface area contributed by atoms with E-state index in [0.29, 0.717) is 5.57 Å². The van der Waals surface area contributed by atoms with E-state index in [2.05, 4.69) is 22.6 Å². The Morgan fingerprint density at radius 1 is 0.929 bits per heavy atom. The Morgan fingerprint density at radius 2 is 1.68 bits per heavy atom. The molecular weight excluding hydrogens is 461 g/mol. The van der Waals surface area contributed by atoms with Crippen molar-refractivity contribution in [1.29, 1.82) is 0 Å². The number of nitrogens with zero attached hydrogens (tertiary/aromatic N) is 1. The first-order valence-electron chi connectivity index (χ1n) is 8.88. The van der Waals surface area contributed by atoms with Gasteiger partial charge in [0, 0.05) is 9.14 Å². The molecule has 3 nitrogen and oxygen atoms in total. The summed E-state index contributed by atoms with van der Waals surface area (Å²) in [6.07, 6.45) is 3.88. The molecule has 1 heterocycles. The summed E-state index contributed by atoms with van der Waals surface area (Å²) < 4.78 is 6.30. The van der Waals surface area contributed by atoms with Gasteiger partial charge in [0.15, 0.2) is 0 Å². The minimum Gasteiger partial charge on any atom is -0.497 e. The number of benzene rings is 3. The van der Waals surface area contributed by atoms with Crippen LogP contribution in [0.5, 0.6) is 5.75 Å². The Labute approximate surface area is 178 Å². The van der Waals surface area contributed by atoms with Crippen LogP contribution >= 0.6 is 22.6 Å². The lowest BCUT2D eigenvalue weighted by Crippen LogP contribution is -2.25. The molecule has 0 saturated heterocycles. The van der Waals surface area contributed by atoms with E-state index >= 15 is 0 Å². The van der Waals surface area contributed by atoms with E-state index in [1.54, 1.807) is 12.0 Å². The molecule has 0 fully saturated rings. The summed E-state index contributed by atoms with van der Waals surface area (Å²) in [5.74, 6) is 0.762. The minimum absolute atomic E-state index is 0.0309. The first kappa shape index (κ1) is 18.5. The van der Waals surface area contributed by atoms with Crippen molar-refractivity contribution in [2.45, 2.75) is 0 Å². The molecule has 4 heteroatoms. The van der Waals surface area contributed by atoms with E-state index in [-0.39, 0.29) is 5.91 Å². The molecule has 1 amide bonds. The van der Waals surface area contributed by atoms with Crippen LogP contribution in [0.2, 0.25) is 0 Å². The Bertz CT molecular complexity index is 1070. The average Bonchev–Trinajstić information content (AvgIpc) is 3.05. The molecule has 0 radical (unpaired) electrons. The van der Waals surface area contributed by atoms with Crippen LogP contribution < -0.4 is 9.64 Å². The van der Waals surface area contributed by atoms with Crippen molar-refractivity contribution in [3.05, 3.63) is 105 Å². The van der Waals surface area contributed by atoms with Crippen LogP contribution in [-0.4, -0.2) is 13.0 Å². The Kier molecular flexibility index (Phi) is 5.30. The van der Waals surface area contributed by atoms with E-state index < -0.39 is 0 Å². The standard InChI is InChI=1S/C24H18INO2/c1-28-22-12-10-17(11-13-22)14-19-15-23(18-6-3-2-4-7-18)26(24(19)27)21-9-5-8-20(25)16-21/h2-16H,1H3/b19-14+. The SMILES string of the molecule is COc1ccc(/C=C2\C=C(c3ccccc3)N(c3cccc(I)c3)C2=O)cc1. The predicted molar refractivity (Wildman–Crippen MR) is 122 cm³/mol. The number of amides is 1. The second-order valence-electron chi connectivity index (χ2n) is 6.39. The second-order valence-corrected chi connectivity index (χ2v) is 7.63. The van der Waals surface area contributed by atoms with E-state index in [9.17, 15) is 4.79 Å². The van der Waals surface area contributed by atoms with Crippen molar-refractivity contribution >= 4 is 46.0 Å². The highest BCUT2D eigenvalue weighted by molar-refractivity contribution is 14.1. The van der Waals surface area contributed by atoms with E-state index in [1.165, 1.54) is 0 Å². The Morgan fingerprint density at radius 3 is 2.36 bits per heavy atom. The summed E-state index contributed by atoms with van der Waals surface area (Å²) in [4.78, 5) is 15.1. The van der Waals surface area contributed by atoms with Gasteiger partial charge in [0.2, 0.25) is 0 Å². The van der Waals surface area contributed by atoms with E-state index in [1.807, 2.05) is 91.0 Å². The van der Waals surface area contributed by atoms with Crippen molar-refractivity contribution < 1.29 is 9.53 Å². The number of ether oxygens (including phenoxy) is 1. The molecule has 0 unspecified atom stereocenters. The summed E-state index contributed by atoms with van der Waals surface area (Å²) in [5.41, 5.74) is 4.37. The van der Waals surface area contributed by atoms with Crippen molar-refractivity contribution in [1.82, 2.24) is 0 Å². The lowest BCUT2D eigenvalue weighted by molar-refractivity contribution is -0.113. The molecule has 0 bridgehead atoms. The fourth-order valence-corrected chi connectivity index (χ4v) is 3.71. The van der Waals surface area contributed by atoms with Gasteiger partial charge in [-0.1, -0.05) is 48.5 Å². The monoisotopic (exact) mass is 479 g/mol.